The van der Waals surface area contributed by atoms with Crippen molar-refractivity contribution in [3.8, 4) is 33.4 Å². The molecule has 222 valence electrons. The van der Waals surface area contributed by atoms with Gasteiger partial charge in [-0.05, 0) is 110 Å². The van der Waals surface area contributed by atoms with Gasteiger partial charge >= 0.3 is 0 Å². The van der Waals surface area contributed by atoms with E-state index in [2.05, 4.69) is 182 Å². The molecule has 0 saturated heterocycles. The van der Waals surface area contributed by atoms with Gasteiger partial charge in [-0.25, -0.2) is 0 Å². The van der Waals surface area contributed by atoms with Gasteiger partial charge in [-0.3, -0.25) is 0 Å². The second-order valence-corrected chi connectivity index (χ2v) is 12.8. The largest absolute Gasteiger partial charge is 0.0622 e. The Morgan fingerprint density at radius 2 is 0.625 bits per heavy atom. The number of hydrogen-bond donors (Lipinski definition) is 0. The predicted molar refractivity (Wildman–Crippen MR) is 208 cm³/mol. The number of fused-ring (bicyclic) bond motifs is 12. The zero-order valence-corrected chi connectivity index (χ0v) is 26.3. The molecule has 0 fully saturated rings. The fourth-order valence-electron chi connectivity index (χ4n) is 7.98. The van der Waals surface area contributed by atoms with Gasteiger partial charge in [-0.15, -0.1) is 0 Å². The van der Waals surface area contributed by atoms with Crippen molar-refractivity contribution in [1.29, 1.82) is 0 Å². The lowest BCUT2D eigenvalue weighted by Gasteiger charge is -2.18. The van der Waals surface area contributed by atoms with Gasteiger partial charge in [0.15, 0.2) is 0 Å². The smallest absolute Gasteiger partial charge is 0.00137 e. The molecule has 10 aromatic rings. The van der Waals surface area contributed by atoms with Crippen LogP contribution >= 0.6 is 0 Å². The summed E-state index contributed by atoms with van der Waals surface area (Å²) in [5.74, 6) is 0. The maximum Gasteiger partial charge on any atom is -0.00137 e. The number of benzene rings is 10. The second kappa shape index (κ2) is 10.7. The zero-order valence-electron chi connectivity index (χ0n) is 26.3. The molecule has 0 amide bonds. The molecule has 0 N–H and O–H groups in total. The summed E-state index contributed by atoms with van der Waals surface area (Å²) >= 11 is 0. The Morgan fingerprint density at radius 3 is 1.23 bits per heavy atom. The van der Waals surface area contributed by atoms with Crippen molar-refractivity contribution >= 4 is 64.6 Å². The van der Waals surface area contributed by atoms with Crippen LogP contribution in [-0.4, -0.2) is 0 Å². The van der Waals surface area contributed by atoms with E-state index in [1.165, 1.54) is 98.0 Å². The van der Waals surface area contributed by atoms with Crippen molar-refractivity contribution in [2.75, 3.05) is 0 Å². The molecule has 10 aromatic carbocycles. The van der Waals surface area contributed by atoms with Crippen LogP contribution in [0.15, 0.2) is 182 Å². The highest BCUT2D eigenvalue weighted by atomic mass is 14.2. The standard InChI is InChI=1S/C48H30/c1-2-11-31(12-3-1)35-25-27-41-42-28-26-36(32-21-23-34(24-22-32)38-20-10-14-33-13-4-5-15-37(33)38)30-46(42)48-44-19-9-7-17-40(44)39-16-6-8-18-43(39)47(48)45(41)29-35/h1-30H. The summed E-state index contributed by atoms with van der Waals surface area (Å²) in [6, 6.07) is 67.0. The van der Waals surface area contributed by atoms with Crippen LogP contribution < -0.4 is 0 Å². The quantitative estimate of drug-likeness (QED) is 0.176. The van der Waals surface area contributed by atoms with Gasteiger partial charge in [0.05, 0.1) is 0 Å². The van der Waals surface area contributed by atoms with Crippen LogP contribution in [0.4, 0.5) is 0 Å². The summed E-state index contributed by atoms with van der Waals surface area (Å²) in [6.45, 7) is 0. The molecule has 0 bridgehead atoms. The van der Waals surface area contributed by atoms with Crippen LogP contribution in [0.25, 0.3) is 98.0 Å². The van der Waals surface area contributed by atoms with Gasteiger partial charge in [-0.2, -0.15) is 0 Å². The lowest BCUT2D eigenvalue weighted by Crippen LogP contribution is -1.90. The SMILES string of the molecule is c1ccc(-c2ccc3c4ccc(-c5ccc(-c6cccc7ccccc67)cc5)cc4c4c5ccccc5c5ccccc5c4c3c2)cc1. The molecule has 0 spiro atoms. The Morgan fingerprint density at radius 1 is 0.208 bits per heavy atom. The van der Waals surface area contributed by atoms with Crippen LogP contribution in [0.1, 0.15) is 0 Å². The molecular weight excluding hydrogens is 577 g/mol. The topological polar surface area (TPSA) is 0 Å². The molecule has 0 heterocycles. The third-order valence-electron chi connectivity index (χ3n) is 10.2. The zero-order chi connectivity index (χ0) is 31.6. The average molecular weight is 607 g/mol. The Labute approximate surface area is 279 Å². The van der Waals surface area contributed by atoms with E-state index >= 15 is 0 Å². The van der Waals surface area contributed by atoms with Gasteiger partial charge in [0.25, 0.3) is 0 Å². The Hall–Kier alpha value is -6.24. The summed E-state index contributed by atoms with van der Waals surface area (Å²) in [4.78, 5) is 0. The van der Waals surface area contributed by atoms with Crippen molar-refractivity contribution in [1.82, 2.24) is 0 Å². The van der Waals surface area contributed by atoms with Crippen LogP contribution in [0.2, 0.25) is 0 Å². The predicted octanol–water partition coefficient (Wildman–Crippen LogP) is 13.6. The molecular formula is C48H30. The minimum absolute atomic E-state index is 1.22. The first-order valence-electron chi connectivity index (χ1n) is 16.7. The maximum absolute atomic E-state index is 2.43. The molecule has 0 aromatic heterocycles. The molecule has 0 atom stereocenters. The summed E-state index contributed by atoms with van der Waals surface area (Å²) in [6.07, 6.45) is 0. The van der Waals surface area contributed by atoms with Gasteiger partial charge < -0.3 is 0 Å². The molecule has 0 nitrogen and oxygen atoms in total. The highest BCUT2D eigenvalue weighted by Crippen LogP contribution is 2.45. The molecule has 0 saturated carbocycles. The van der Waals surface area contributed by atoms with E-state index in [9.17, 15) is 0 Å². The first kappa shape index (κ1) is 26.9. The fraction of sp³-hybridized carbons (Fsp3) is 0. The van der Waals surface area contributed by atoms with Gasteiger partial charge in [0.2, 0.25) is 0 Å². The van der Waals surface area contributed by atoms with E-state index in [-0.39, 0.29) is 0 Å². The van der Waals surface area contributed by atoms with Crippen molar-refractivity contribution in [3.05, 3.63) is 182 Å². The lowest BCUT2D eigenvalue weighted by atomic mass is 9.85. The highest BCUT2D eigenvalue weighted by molar-refractivity contribution is 6.39. The van der Waals surface area contributed by atoms with Crippen molar-refractivity contribution in [3.63, 3.8) is 0 Å². The summed E-state index contributed by atoms with van der Waals surface area (Å²) in [5, 5.41) is 15.6. The summed E-state index contributed by atoms with van der Waals surface area (Å²) in [5.41, 5.74) is 7.43. The van der Waals surface area contributed by atoms with Gasteiger partial charge in [0.1, 0.15) is 0 Å². The Balaban J connectivity index is 1.26. The van der Waals surface area contributed by atoms with E-state index in [0.29, 0.717) is 0 Å². The molecule has 0 aliphatic rings. The van der Waals surface area contributed by atoms with Gasteiger partial charge in [-0.1, -0.05) is 170 Å². The first-order chi connectivity index (χ1) is 23.8. The van der Waals surface area contributed by atoms with Gasteiger partial charge in [0, 0.05) is 0 Å². The number of hydrogen-bond acceptors (Lipinski definition) is 0. The van der Waals surface area contributed by atoms with E-state index in [1.807, 2.05) is 0 Å². The third-order valence-corrected chi connectivity index (χ3v) is 10.2. The minimum atomic E-state index is 1.22. The Bertz CT molecular complexity index is 2850. The average Bonchev–Trinajstić information content (AvgIpc) is 3.17. The van der Waals surface area contributed by atoms with Crippen LogP contribution in [0.3, 0.4) is 0 Å². The van der Waals surface area contributed by atoms with E-state index in [4.69, 9.17) is 0 Å². The molecule has 0 heteroatoms. The Kier molecular flexibility index (Phi) is 5.98. The molecule has 0 aliphatic carbocycles. The van der Waals surface area contributed by atoms with Crippen molar-refractivity contribution < 1.29 is 0 Å². The summed E-state index contributed by atoms with van der Waals surface area (Å²) in [7, 11) is 0. The number of rotatable bonds is 3. The minimum Gasteiger partial charge on any atom is -0.0622 e. The normalized spacial score (nSPS) is 11.8. The van der Waals surface area contributed by atoms with E-state index < -0.39 is 0 Å². The van der Waals surface area contributed by atoms with Crippen LogP contribution in [0.5, 0.6) is 0 Å². The summed E-state index contributed by atoms with van der Waals surface area (Å²) < 4.78 is 0. The van der Waals surface area contributed by atoms with E-state index in [1.54, 1.807) is 0 Å². The molecule has 10 rings (SSSR count). The molecule has 0 radical (unpaired) electrons. The van der Waals surface area contributed by atoms with Crippen LogP contribution in [-0.2, 0) is 0 Å². The fourth-order valence-corrected chi connectivity index (χ4v) is 7.98. The molecule has 48 heavy (non-hydrogen) atoms. The van der Waals surface area contributed by atoms with Crippen LogP contribution in [0, 0.1) is 0 Å². The van der Waals surface area contributed by atoms with E-state index in [0.717, 1.165) is 0 Å². The molecule has 0 aliphatic heterocycles. The molecule has 0 unspecified atom stereocenters. The third kappa shape index (κ3) is 4.10. The van der Waals surface area contributed by atoms with Crippen molar-refractivity contribution in [2.45, 2.75) is 0 Å². The maximum atomic E-state index is 2.43. The second-order valence-electron chi connectivity index (χ2n) is 12.8. The lowest BCUT2D eigenvalue weighted by molar-refractivity contribution is 1.62. The first-order valence-corrected chi connectivity index (χ1v) is 16.7. The monoisotopic (exact) mass is 606 g/mol. The van der Waals surface area contributed by atoms with Crippen molar-refractivity contribution in [2.24, 2.45) is 0 Å². The highest BCUT2D eigenvalue weighted by Gasteiger charge is 2.17.